The van der Waals surface area contributed by atoms with Crippen molar-refractivity contribution in [2.24, 2.45) is 0 Å². The van der Waals surface area contributed by atoms with E-state index in [1.54, 1.807) is 72.8 Å². The lowest BCUT2D eigenvalue weighted by atomic mass is 10.1. The molecule has 0 aliphatic rings. The molecule has 2 aromatic carbocycles. The number of benzene rings is 2. The summed E-state index contributed by atoms with van der Waals surface area (Å²) in [6.07, 6.45) is 0. The van der Waals surface area contributed by atoms with E-state index in [4.69, 9.17) is 19.4 Å². The van der Waals surface area contributed by atoms with Crippen LogP contribution in [0.2, 0.25) is 0 Å². The Morgan fingerprint density at radius 3 is 1.14 bits per heavy atom. The lowest BCUT2D eigenvalue weighted by Gasteiger charge is -1.97. The average Bonchev–Trinajstić information content (AvgIpc) is 3.55. The summed E-state index contributed by atoms with van der Waals surface area (Å²) in [7, 11) is 0. The summed E-state index contributed by atoms with van der Waals surface area (Å²) in [6.45, 7) is 0. The monoisotopic (exact) mass is 464 g/mol. The van der Waals surface area contributed by atoms with Gasteiger partial charge in [-0.15, -0.1) is 0 Å². The van der Waals surface area contributed by atoms with Crippen LogP contribution in [0.15, 0.2) is 57.4 Å². The van der Waals surface area contributed by atoms with Gasteiger partial charge in [0.2, 0.25) is 21.9 Å². The van der Waals surface area contributed by atoms with Crippen LogP contribution < -0.4 is 11.1 Å². The summed E-state index contributed by atoms with van der Waals surface area (Å²) < 4.78 is 11.6. The zero-order chi connectivity index (χ0) is 25.7. The number of aromatic nitrogens is 2. The second kappa shape index (κ2) is 9.58. The normalized spacial score (nSPS) is 10.5. The first-order chi connectivity index (χ1) is 17.6. The van der Waals surface area contributed by atoms with Gasteiger partial charge in [-0.2, -0.15) is 31.6 Å². The van der Waals surface area contributed by atoms with Gasteiger partial charge in [-0.1, -0.05) is 24.3 Å². The molecule has 0 radical (unpaired) electrons. The van der Waals surface area contributed by atoms with Gasteiger partial charge in [0.25, 0.3) is 0 Å². The minimum absolute atomic E-state index is 0.0222. The minimum Gasteiger partial charge on any atom is -0.431 e. The van der Waals surface area contributed by atoms with Crippen molar-refractivity contribution in [1.29, 1.82) is 31.6 Å². The van der Waals surface area contributed by atoms with Crippen molar-refractivity contribution in [3.8, 4) is 58.9 Å². The third-order valence-corrected chi connectivity index (χ3v) is 4.91. The van der Waals surface area contributed by atoms with E-state index in [1.165, 1.54) is 0 Å². The molecule has 4 aromatic rings. The molecule has 2 aromatic heterocycles. The van der Waals surface area contributed by atoms with Crippen LogP contribution >= 0.6 is 0 Å². The Bertz CT molecular complexity index is 1810. The molecule has 4 rings (SSSR count). The van der Waals surface area contributed by atoms with E-state index in [-0.39, 0.29) is 33.3 Å². The Hall–Kier alpha value is -6.46. The molecule has 0 aliphatic carbocycles. The third kappa shape index (κ3) is 4.01. The molecule has 0 aliphatic heterocycles. The summed E-state index contributed by atoms with van der Waals surface area (Å²) in [4.78, 5) is 8.62. The van der Waals surface area contributed by atoms with Gasteiger partial charge in [-0.25, -0.2) is 9.97 Å². The molecule has 164 valence electrons. The van der Waals surface area contributed by atoms with E-state index in [9.17, 15) is 21.0 Å². The van der Waals surface area contributed by atoms with Gasteiger partial charge in [-0.3, -0.25) is 0 Å². The van der Waals surface area contributed by atoms with Gasteiger partial charge in [0, 0.05) is 11.1 Å². The Kier molecular flexibility index (Phi) is 6.05. The molecule has 0 amide bonds. The predicted molar refractivity (Wildman–Crippen MR) is 119 cm³/mol. The number of nitriles is 6. The predicted octanol–water partition coefficient (Wildman–Crippen LogP) is 2.42. The highest BCUT2D eigenvalue weighted by atomic mass is 16.4. The van der Waals surface area contributed by atoms with E-state index in [0.29, 0.717) is 22.3 Å². The first-order valence-electron chi connectivity index (χ1n) is 9.95. The van der Waals surface area contributed by atoms with Crippen LogP contribution in [0.1, 0.15) is 11.1 Å². The largest absolute Gasteiger partial charge is 0.431 e. The zero-order valence-corrected chi connectivity index (χ0v) is 18.0. The fourth-order valence-electron chi connectivity index (χ4n) is 3.20. The average molecular weight is 464 g/mol. The maximum atomic E-state index is 9.33. The van der Waals surface area contributed by atoms with Crippen molar-refractivity contribution in [2.75, 3.05) is 0 Å². The van der Waals surface area contributed by atoms with Gasteiger partial charge >= 0.3 is 0 Å². The molecular formula is C26H8N8O2. The molecule has 0 atom stereocenters. The summed E-state index contributed by atoms with van der Waals surface area (Å²) >= 11 is 0. The fraction of sp³-hybridized carbons (Fsp3) is 0. The molecule has 0 unspecified atom stereocenters. The number of oxazole rings is 2. The van der Waals surface area contributed by atoms with Crippen molar-refractivity contribution < 1.29 is 8.83 Å². The van der Waals surface area contributed by atoms with Crippen molar-refractivity contribution in [3.63, 3.8) is 0 Å². The van der Waals surface area contributed by atoms with Crippen LogP contribution in [-0.4, -0.2) is 9.97 Å². The first kappa shape index (κ1) is 22.7. The maximum absolute atomic E-state index is 9.33. The van der Waals surface area contributed by atoms with Crippen LogP contribution in [0.25, 0.3) is 33.7 Å². The number of rotatable bonds is 2. The zero-order valence-electron chi connectivity index (χ0n) is 18.0. The van der Waals surface area contributed by atoms with E-state index >= 15 is 0 Å². The lowest BCUT2D eigenvalue weighted by molar-refractivity contribution is 0.441. The van der Waals surface area contributed by atoms with Crippen LogP contribution in [0.5, 0.6) is 0 Å². The molecule has 0 saturated heterocycles. The summed E-state index contributed by atoms with van der Waals surface area (Å²) in [5.74, 6) is 0. The number of nitrogens with zero attached hydrogens (tertiary/aromatic N) is 8. The maximum Gasteiger partial charge on any atom is 0.249 e. The van der Waals surface area contributed by atoms with Crippen molar-refractivity contribution in [1.82, 2.24) is 9.97 Å². The first-order valence-corrected chi connectivity index (χ1v) is 9.95. The Labute approximate surface area is 202 Å². The summed E-state index contributed by atoms with van der Waals surface area (Å²) in [5.41, 5.74) is 0.708. The van der Waals surface area contributed by atoms with E-state index < -0.39 is 11.1 Å². The van der Waals surface area contributed by atoms with Crippen molar-refractivity contribution >= 4 is 11.1 Å². The number of hydrogen-bond acceptors (Lipinski definition) is 10. The van der Waals surface area contributed by atoms with Crippen LogP contribution in [0.3, 0.4) is 0 Å². The smallest absolute Gasteiger partial charge is 0.249 e. The molecule has 10 heteroatoms. The van der Waals surface area contributed by atoms with Crippen molar-refractivity contribution in [2.45, 2.75) is 0 Å². The Morgan fingerprint density at radius 2 is 0.861 bits per heavy atom. The molecule has 0 spiro atoms. The quantitative estimate of drug-likeness (QED) is 0.425. The molecule has 0 saturated carbocycles. The molecule has 0 N–H and O–H groups in total. The van der Waals surface area contributed by atoms with Crippen molar-refractivity contribution in [3.05, 3.63) is 81.6 Å². The molecule has 2 heterocycles. The topological polar surface area (TPSA) is 195 Å². The van der Waals surface area contributed by atoms with Crippen LogP contribution in [-0.2, 0) is 0 Å². The summed E-state index contributed by atoms with van der Waals surface area (Å²) in [5, 5.41) is 55.5. The van der Waals surface area contributed by atoms with E-state index in [0.717, 1.165) is 0 Å². The highest BCUT2D eigenvalue weighted by Gasteiger charge is 2.17. The van der Waals surface area contributed by atoms with Crippen LogP contribution in [0, 0.1) is 78.8 Å². The van der Waals surface area contributed by atoms with Gasteiger partial charge in [0.1, 0.15) is 35.7 Å². The molecule has 36 heavy (non-hydrogen) atoms. The molecule has 0 bridgehead atoms. The van der Waals surface area contributed by atoms with E-state index in [1.807, 2.05) is 12.1 Å². The lowest BCUT2D eigenvalue weighted by Crippen LogP contribution is -2.04. The Morgan fingerprint density at radius 1 is 0.528 bits per heavy atom. The second-order valence-electron chi connectivity index (χ2n) is 6.97. The summed E-state index contributed by atoms with van der Waals surface area (Å²) in [6, 6.07) is 23.5. The van der Waals surface area contributed by atoms with E-state index in [2.05, 4.69) is 9.97 Å². The van der Waals surface area contributed by atoms with Gasteiger partial charge < -0.3 is 8.83 Å². The third-order valence-electron chi connectivity index (χ3n) is 4.91. The molecule has 10 nitrogen and oxygen atoms in total. The SMILES string of the molecule is N#CC(C#N)=c1nc(-c2ccc(C#N)cc2)/c(=c2\oc(=C(C#N)C#N)nc2-c2ccc(C#N)cc2)o1. The number of hydrogen-bond donors (Lipinski definition) is 0. The molecular weight excluding hydrogens is 456 g/mol. The molecule has 0 fully saturated rings. The highest BCUT2D eigenvalue weighted by Crippen LogP contribution is 2.23. The highest BCUT2D eigenvalue weighted by molar-refractivity contribution is 5.72. The standard InChI is InChI=1S/C26H8N8O2/c27-9-15-1-5-17(6-2-15)21-23(35-25(33-21)19(11-29)12-30)24-22(18-7-3-16(10-28)4-8-18)34-26(36-24)20(13-31)14-32/h1-8H/b24-23+. The van der Waals surface area contributed by atoms with Gasteiger partial charge in [0.15, 0.2) is 11.1 Å². The van der Waals surface area contributed by atoms with Crippen LogP contribution in [0.4, 0.5) is 0 Å². The fourth-order valence-corrected chi connectivity index (χ4v) is 3.20. The van der Waals surface area contributed by atoms with Gasteiger partial charge in [0.05, 0.1) is 23.3 Å². The second-order valence-corrected chi connectivity index (χ2v) is 6.97. The Balaban J connectivity index is 2.25. The minimum atomic E-state index is -0.392. The van der Waals surface area contributed by atoms with Gasteiger partial charge in [-0.05, 0) is 24.3 Å².